The normalized spacial score (nSPS) is 37.4. The Labute approximate surface area is 112 Å². The molecule has 0 aromatic rings. The van der Waals surface area contributed by atoms with Crippen molar-refractivity contribution in [1.29, 1.82) is 0 Å². The molecule has 1 aliphatic heterocycles. The van der Waals surface area contributed by atoms with Gasteiger partial charge in [-0.15, -0.1) is 0 Å². The van der Waals surface area contributed by atoms with Gasteiger partial charge in [0.1, 0.15) is 5.78 Å². The Kier molecular flexibility index (Phi) is 4.83. The summed E-state index contributed by atoms with van der Waals surface area (Å²) in [5.41, 5.74) is -0.0341. The van der Waals surface area contributed by atoms with E-state index < -0.39 is 0 Å². The average Bonchev–Trinajstić information content (AvgIpc) is 2.47. The Balaban J connectivity index is 2.11. The SMILES string of the molecule is CCC1CCCCC1C(=O)C1(CC)CCCNC1. The van der Waals surface area contributed by atoms with Crippen molar-refractivity contribution in [3.63, 3.8) is 0 Å². The number of piperidine rings is 1. The third-order valence-corrected chi connectivity index (χ3v) is 5.44. The minimum Gasteiger partial charge on any atom is -0.316 e. The zero-order valence-electron chi connectivity index (χ0n) is 12.1. The molecule has 0 aromatic heterocycles. The van der Waals surface area contributed by atoms with Gasteiger partial charge in [0.05, 0.1) is 0 Å². The molecule has 0 spiro atoms. The molecule has 3 unspecified atom stereocenters. The maximum absolute atomic E-state index is 13.0. The predicted octanol–water partition coefficient (Wildman–Crippen LogP) is 3.55. The van der Waals surface area contributed by atoms with Crippen LogP contribution in [-0.4, -0.2) is 18.9 Å². The summed E-state index contributed by atoms with van der Waals surface area (Å²) in [6.07, 6.45) is 9.51. The van der Waals surface area contributed by atoms with Crippen molar-refractivity contribution in [2.75, 3.05) is 13.1 Å². The van der Waals surface area contributed by atoms with Crippen molar-refractivity contribution >= 4 is 5.78 Å². The second-order valence-corrected chi connectivity index (χ2v) is 6.34. The third-order valence-electron chi connectivity index (χ3n) is 5.44. The first-order valence-corrected chi connectivity index (χ1v) is 7.98. The van der Waals surface area contributed by atoms with Gasteiger partial charge in [-0.2, -0.15) is 0 Å². The molecule has 104 valence electrons. The first-order valence-electron chi connectivity index (χ1n) is 7.98. The number of carbonyl (C=O) groups excluding carboxylic acids is 1. The highest BCUT2D eigenvalue weighted by Crippen LogP contribution is 2.41. The Morgan fingerprint density at radius 1 is 1.22 bits per heavy atom. The molecule has 2 fully saturated rings. The number of hydrogen-bond donors (Lipinski definition) is 1. The highest BCUT2D eigenvalue weighted by atomic mass is 16.1. The van der Waals surface area contributed by atoms with Crippen molar-refractivity contribution < 1.29 is 4.79 Å². The number of Topliss-reactive ketones (excluding diaryl/α,β-unsaturated/α-hetero) is 1. The lowest BCUT2D eigenvalue weighted by Gasteiger charge is -2.41. The molecule has 0 bridgehead atoms. The molecule has 0 aromatic carbocycles. The fourth-order valence-electron chi connectivity index (χ4n) is 4.09. The quantitative estimate of drug-likeness (QED) is 0.828. The molecule has 2 nitrogen and oxygen atoms in total. The topological polar surface area (TPSA) is 29.1 Å². The fourth-order valence-corrected chi connectivity index (χ4v) is 4.09. The number of carbonyl (C=O) groups is 1. The molecule has 18 heavy (non-hydrogen) atoms. The minimum atomic E-state index is -0.0341. The Morgan fingerprint density at radius 3 is 2.61 bits per heavy atom. The summed E-state index contributed by atoms with van der Waals surface area (Å²) < 4.78 is 0. The molecule has 3 atom stereocenters. The van der Waals surface area contributed by atoms with Crippen molar-refractivity contribution in [3.05, 3.63) is 0 Å². The number of nitrogens with one attached hydrogen (secondary N) is 1. The molecular formula is C16H29NO. The van der Waals surface area contributed by atoms with E-state index in [0.29, 0.717) is 17.6 Å². The first kappa shape index (κ1) is 14.0. The lowest BCUT2D eigenvalue weighted by atomic mass is 9.64. The van der Waals surface area contributed by atoms with Gasteiger partial charge in [0, 0.05) is 17.9 Å². The van der Waals surface area contributed by atoms with Gasteiger partial charge in [-0.05, 0) is 44.6 Å². The van der Waals surface area contributed by atoms with E-state index in [1.807, 2.05) is 0 Å². The fraction of sp³-hybridized carbons (Fsp3) is 0.938. The maximum Gasteiger partial charge on any atom is 0.143 e. The Hall–Kier alpha value is -0.370. The zero-order valence-corrected chi connectivity index (χ0v) is 12.1. The van der Waals surface area contributed by atoms with Gasteiger partial charge in [0.25, 0.3) is 0 Å². The molecule has 2 rings (SSSR count). The average molecular weight is 251 g/mol. The third kappa shape index (κ3) is 2.64. The van der Waals surface area contributed by atoms with Gasteiger partial charge >= 0.3 is 0 Å². The van der Waals surface area contributed by atoms with E-state index in [-0.39, 0.29) is 5.41 Å². The van der Waals surface area contributed by atoms with Crippen LogP contribution in [0, 0.1) is 17.3 Å². The molecule has 1 saturated heterocycles. The first-order chi connectivity index (χ1) is 8.73. The summed E-state index contributed by atoms with van der Waals surface area (Å²) in [6, 6.07) is 0. The van der Waals surface area contributed by atoms with Crippen LogP contribution < -0.4 is 5.32 Å². The van der Waals surface area contributed by atoms with Crippen molar-refractivity contribution in [2.24, 2.45) is 17.3 Å². The summed E-state index contributed by atoms with van der Waals surface area (Å²) >= 11 is 0. The summed E-state index contributed by atoms with van der Waals surface area (Å²) in [6.45, 7) is 6.48. The number of hydrogen-bond acceptors (Lipinski definition) is 2. The van der Waals surface area contributed by atoms with E-state index in [4.69, 9.17) is 0 Å². The van der Waals surface area contributed by atoms with Crippen LogP contribution in [0.1, 0.15) is 65.2 Å². The smallest absolute Gasteiger partial charge is 0.143 e. The van der Waals surface area contributed by atoms with E-state index >= 15 is 0 Å². The second-order valence-electron chi connectivity index (χ2n) is 6.34. The molecule has 1 N–H and O–H groups in total. The molecule has 2 heteroatoms. The van der Waals surface area contributed by atoms with E-state index in [1.165, 1.54) is 32.1 Å². The molecule has 1 heterocycles. The van der Waals surface area contributed by atoms with E-state index in [2.05, 4.69) is 19.2 Å². The summed E-state index contributed by atoms with van der Waals surface area (Å²) in [4.78, 5) is 13.0. The minimum absolute atomic E-state index is 0.0341. The van der Waals surface area contributed by atoms with Crippen LogP contribution in [0.25, 0.3) is 0 Å². The monoisotopic (exact) mass is 251 g/mol. The van der Waals surface area contributed by atoms with Crippen LogP contribution in [0.4, 0.5) is 0 Å². The van der Waals surface area contributed by atoms with Gasteiger partial charge < -0.3 is 5.32 Å². The molecule has 1 saturated carbocycles. The summed E-state index contributed by atoms with van der Waals surface area (Å²) in [5, 5.41) is 3.46. The number of ketones is 1. The van der Waals surface area contributed by atoms with E-state index in [0.717, 1.165) is 32.4 Å². The van der Waals surface area contributed by atoms with Gasteiger partial charge in [-0.25, -0.2) is 0 Å². The van der Waals surface area contributed by atoms with Gasteiger partial charge in [0.2, 0.25) is 0 Å². The molecule has 0 radical (unpaired) electrons. The van der Waals surface area contributed by atoms with Crippen LogP contribution in [-0.2, 0) is 4.79 Å². The molecule has 0 amide bonds. The van der Waals surface area contributed by atoms with Crippen molar-refractivity contribution in [1.82, 2.24) is 5.32 Å². The van der Waals surface area contributed by atoms with Crippen LogP contribution in [0.3, 0.4) is 0 Å². The lowest BCUT2D eigenvalue weighted by Crippen LogP contribution is -2.49. The maximum atomic E-state index is 13.0. The van der Waals surface area contributed by atoms with Crippen molar-refractivity contribution in [2.45, 2.75) is 65.2 Å². The zero-order chi connectivity index (χ0) is 13.0. The lowest BCUT2D eigenvalue weighted by molar-refractivity contribution is -0.137. The predicted molar refractivity (Wildman–Crippen MR) is 75.6 cm³/mol. The van der Waals surface area contributed by atoms with E-state index in [9.17, 15) is 4.79 Å². The van der Waals surface area contributed by atoms with Crippen LogP contribution >= 0.6 is 0 Å². The Bertz CT molecular complexity index is 281. The van der Waals surface area contributed by atoms with Crippen LogP contribution in [0.15, 0.2) is 0 Å². The van der Waals surface area contributed by atoms with E-state index in [1.54, 1.807) is 0 Å². The van der Waals surface area contributed by atoms with Gasteiger partial charge in [0.15, 0.2) is 0 Å². The van der Waals surface area contributed by atoms with Gasteiger partial charge in [-0.1, -0.05) is 33.1 Å². The molecule has 1 aliphatic carbocycles. The highest BCUT2D eigenvalue weighted by molar-refractivity contribution is 5.87. The second kappa shape index (κ2) is 6.18. The summed E-state index contributed by atoms with van der Waals surface area (Å²) in [7, 11) is 0. The molecular weight excluding hydrogens is 222 g/mol. The molecule has 2 aliphatic rings. The summed E-state index contributed by atoms with van der Waals surface area (Å²) in [5.74, 6) is 1.63. The number of rotatable bonds is 4. The Morgan fingerprint density at radius 2 is 2.00 bits per heavy atom. The van der Waals surface area contributed by atoms with Crippen LogP contribution in [0.2, 0.25) is 0 Å². The van der Waals surface area contributed by atoms with Crippen molar-refractivity contribution in [3.8, 4) is 0 Å². The van der Waals surface area contributed by atoms with Gasteiger partial charge in [-0.3, -0.25) is 4.79 Å². The highest BCUT2D eigenvalue weighted by Gasteiger charge is 2.43. The largest absolute Gasteiger partial charge is 0.316 e. The standard InChI is InChI=1S/C16H29NO/c1-3-13-8-5-6-9-14(13)15(18)16(4-2)10-7-11-17-12-16/h13-14,17H,3-12H2,1-2H3. The van der Waals surface area contributed by atoms with Crippen LogP contribution in [0.5, 0.6) is 0 Å².